The number of nitrogens with two attached hydrogens (primary N) is 2. The highest BCUT2D eigenvalue weighted by Gasteiger charge is 1.56. The van der Waals surface area contributed by atoms with Gasteiger partial charge in [-0.2, -0.15) is 11.8 Å². The Morgan fingerprint density at radius 1 is 1.14 bits per heavy atom. The first-order chi connectivity index (χ1) is 3.33. The molecule has 0 aliphatic carbocycles. The largest absolute Gasteiger partial charge is 0.220 e. The summed E-state index contributed by atoms with van der Waals surface area (Å²) in [7, 11) is 0. The SMILES string of the molecule is CCCC.NON. The summed E-state index contributed by atoms with van der Waals surface area (Å²) in [6, 6.07) is 0. The van der Waals surface area contributed by atoms with E-state index in [1.54, 1.807) is 0 Å². The van der Waals surface area contributed by atoms with Crippen LogP contribution in [0.3, 0.4) is 0 Å². The van der Waals surface area contributed by atoms with Crippen LogP contribution in [0.4, 0.5) is 0 Å². The molecule has 0 aromatic carbocycles. The van der Waals surface area contributed by atoms with Crippen LogP contribution in [0.5, 0.6) is 0 Å². The predicted molar refractivity (Wildman–Crippen MR) is 30.0 cm³/mol. The first-order valence-corrected chi connectivity index (χ1v) is 2.39. The van der Waals surface area contributed by atoms with E-state index in [9.17, 15) is 0 Å². The maximum absolute atomic E-state index is 4.12. The van der Waals surface area contributed by atoms with Gasteiger partial charge in [-0.25, -0.2) is 4.94 Å². The minimum atomic E-state index is 1.32. The van der Waals surface area contributed by atoms with E-state index in [0.29, 0.717) is 0 Å². The summed E-state index contributed by atoms with van der Waals surface area (Å²) in [6.07, 6.45) is 2.64. The van der Waals surface area contributed by atoms with Crippen LogP contribution < -0.4 is 11.8 Å². The zero-order chi connectivity index (χ0) is 6.12. The van der Waals surface area contributed by atoms with Crippen molar-refractivity contribution < 1.29 is 4.94 Å². The van der Waals surface area contributed by atoms with Gasteiger partial charge >= 0.3 is 0 Å². The molecule has 0 rings (SSSR count). The van der Waals surface area contributed by atoms with Crippen LogP contribution in [0.15, 0.2) is 0 Å². The van der Waals surface area contributed by atoms with Crippen molar-refractivity contribution >= 4 is 0 Å². The topological polar surface area (TPSA) is 61.3 Å². The minimum absolute atomic E-state index is 1.32. The van der Waals surface area contributed by atoms with E-state index in [1.807, 2.05) is 0 Å². The maximum atomic E-state index is 4.12. The molecule has 46 valence electrons. The van der Waals surface area contributed by atoms with Crippen molar-refractivity contribution in [2.45, 2.75) is 26.7 Å². The average Bonchev–Trinajstić information content (AvgIpc) is 1.69. The quantitative estimate of drug-likeness (QED) is 0.480. The van der Waals surface area contributed by atoms with E-state index in [4.69, 9.17) is 0 Å². The Kier molecular flexibility index (Phi) is 24.1. The van der Waals surface area contributed by atoms with Crippen LogP contribution >= 0.6 is 0 Å². The van der Waals surface area contributed by atoms with Gasteiger partial charge in [-0.05, 0) is 0 Å². The highest BCUT2D eigenvalue weighted by molar-refractivity contribution is 4.12. The summed E-state index contributed by atoms with van der Waals surface area (Å²) in [4.78, 5) is 3.25. The number of rotatable bonds is 1. The van der Waals surface area contributed by atoms with Crippen molar-refractivity contribution in [3.8, 4) is 0 Å². The molecule has 0 aromatic rings. The lowest BCUT2D eigenvalue weighted by Crippen LogP contribution is -2.03. The number of hydrogen-bond acceptors (Lipinski definition) is 3. The Bertz CT molecular complexity index is 17.2. The molecule has 0 bridgehead atoms. The highest BCUT2D eigenvalue weighted by atomic mass is 16.7. The van der Waals surface area contributed by atoms with Crippen molar-refractivity contribution in [2.24, 2.45) is 11.8 Å². The molecule has 0 atom stereocenters. The van der Waals surface area contributed by atoms with E-state index in [1.165, 1.54) is 12.8 Å². The summed E-state index contributed by atoms with van der Waals surface area (Å²) in [5.41, 5.74) is 0. The first-order valence-electron chi connectivity index (χ1n) is 2.39. The summed E-state index contributed by atoms with van der Waals surface area (Å²) < 4.78 is 0. The number of hydrogen-bond donors (Lipinski definition) is 2. The second-order valence-corrected chi connectivity index (χ2v) is 1.14. The van der Waals surface area contributed by atoms with Crippen molar-refractivity contribution in [3.63, 3.8) is 0 Å². The smallest absolute Gasteiger partial charge is 0.0564 e. The lowest BCUT2D eigenvalue weighted by atomic mass is 10.4. The molecule has 0 radical (unpaired) electrons. The van der Waals surface area contributed by atoms with E-state index in [0.717, 1.165) is 0 Å². The second-order valence-electron chi connectivity index (χ2n) is 1.14. The van der Waals surface area contributed by atoms with Crippen molar-refractivity contribution in [2.75, 3.05) is 0 Å². The van der Waals surface area contributed by atoms with Gasteiger partial charge in [0.2, 0.25) is 0 Å². The second kappa shape index (κ2) is 16.9. The van der Waals surface area contributed by atoms with E-state index in [2.05, 4.69) is 30.6 Å². The van der Waals surface area contributed by atoms with Crippen LogP contribution in [-0.2, 0) is 4.94 Å². The van der Waals surface area contributed by atoms with Gasteiger partial charge in [0.05, 0.1) is 0 Å². The molecule has 4 N–H and O–H groups in total. The summed E-state index contributed by atoms with van der Waals surface area (Å²) in [5, 5.41) is 0. The minimum Gasteiger partial charge on any atom is -0.220 e. The molecule has 0 spiro atoms. The van der Waals surface area contributed by atoms with Crippen LogP contribution in [0, 0.1) is 0 Å². The fraction of sp³-hybridized carbons (Fsp3) is 1.00. The summed E-state index contributed by atoms with van der Waals surface area (Å²) in [5.74, 6) is 8.25. The molecule has 0 heterocycles. The van der Waals surface area contributed by atoms with Gasteiger partial charge in [-0.15, -0.1) is 0 Å². The van der Waals surface area contributed by atoms with Gasteiger partial charge in [0.25, 0.3) is 0 Å². The normalized spacial score (nSPS) is 6.86. The molecule has 3 heteroatoms. The third-order valence-electron chi connectivity index (χ3n) is 0.500. The summed E-state index contributed by atoms with van der Waals surface area (Å²) >= 11 is 0. The maximum Gasteiger partial charge on any atom is -0.0564 e. The fourth-order valence-corrected chi connectivity index (χ4v) is 0. The third kappa shape index (κ3) is 114. The Hall–Kier alpha value is -0.120. The van der Waals surface area contributed by atoms with E-state index < -0.39 is 0 Å². The number of unbranched alkanes of at least 4 members (excludes halogenated alkanes) is 1. The van der Waals surface area contributed by atoms with Crippen LogP contribution in [-0.4, -0.2) is 0 Å². The van der Waals surface area contributed by atoms with Gasteiger partial charge in [0, 0.05) is 0 Å². The van der Waals surface area contributed by atoms with Gasteiger partial charge in [-0.1, -0.05) is 26.7 Å². The molecule has 7 heavy (non-hydrogen) atoms. The lowest BCUT2D eigenvalue weighted by Gasteiger charge is -1.68. The van der Waals surface area contributed by atoms with E-state index >= 15 is 0 Å². The molecular weight excluding hydrogens is 92.1 g/mol. The lowest BCUT2D eigenvalue weighted by molar-refractivity contribution is 0.142. The zero-order valence-corrected chi connectivity index (χ0v) is 4.98. The standard InChI is InChI=1S/C4H10.H4N2O/c1-3-4-2;1-3-2/h3-4H2,1-2H3;1-2H2. The molecule has 0 aliphatic rings. The Balaban J connectivity index is 0. The third-order valence-corrected chi connectivity index (χ3v) is 0.500. The Morgan fingerprint density at radius 3 is 1.29 bits per heavy atom. The molecule has 0 unspecified atom stereocenters. The highest BCUT2D eigenvalue weighted by Crippen LogP contribution is 1.76. The molecule has 0 saturated heterocycles. The fourth-order valence-electron chi connectivity index (χ4n) is 0. The monoisotopic (exact) mass is 106 g/mol. The van der Waals surface area contributed by atoms with Gasteiger partial charge < -0.3 is 0 Å². The van der Waals surface area contributed by atoms with Crippen LogP contribution in [0.2, 0.25) is 0 Å². The van der Waals surface area contributed by atoms with Gasteiger partial charge in [0.15, 0.2) is 0 Å². The molecular formula is C4H14N2O. The predicted octanol–water partition coefficient (Wildman–Crippen LogP) is 0.557. The van der Waals surface area contributed by atoms with Gasteiger partial charge in [-0.3, -0.25) is 0 Å². The van der Waals surface area contributed by atoms with Crippen molar-refractivity contribution in [3.05, 3.63) is 0 Å². The molecule has 3 nitrogen and oxygen atoms in total. The van der Waals surface area contributed by atoms with Crippen LogP contribution in [0.1, 0.15) is 26.7 Å². The average molecular weight is 106 g/mol. The summed E-state index contributed by atoms with van der Waals surface area (Å²) in [6.45, 7) is 4.36. The zero-order valence-electron chi connectivity index (χ0n) is 4.98. The van der Waals surface area contributed by atoms with Crippen molar-refractivity contribution in [1.82, 2.24) is 0 Å². The Labute approximate surface area is 44.5 Å². The first kappa shape index (κ1) is 9.99. The molecule has 0 amide bonds. The molecule has 0 saturated carbocycles. The van der Waals surface area contributed by atoms with Gasteiger partial charge in [0.1, 0.15) is 0 Å². The molecule has 0 aromatic heterocycles. The Morgan fingerprint density at radius 2 is 1.29 bits per heavy atom. The van der Waals surface area contributed by atoms with Crippen molar-refractivity contribution in [1.29, 1.82) is 0 Å². The van der Waals surface area contributed by atoms with Crippen LogP contribution in [0.25, 0.3) is 0 Å². The molecule has 0 aliphatic heterocycles. The van der Waals surface area contributed by atoms with E-state index in [-0.39, 0.29) is 0 Å². The molecule has 0 fully saturated rings.